The van der Waals surface area contributed by atoms with Crippen LogP contribution in [0.3, 0.4) is 0 Å². The number of pyridine rings is 1. The Kier molecular flexibility index (Phi) is 6.24. The van der Waals surface area contributed by atoms with Crippen LogP contribution in [0.15, 0.2) is 41.7 Å². The first kappa shape index (κ1) is 20.6. The molecule has 2 aromatic heterocycles. The first-order chi connectivity index (χ1) is 13.3. The van der Waals surface area contributed by atoms with E-state index in [1.807, 2.05) is 6.92 Å². The van der Waals surface area contributed by atoms with E-state index in [0.717, 1.165) is 4.68 Å². The second kappa shape index (κ2) is 8.48. The second-order valence-corrected chi connectivity index (χ2v) is 8.02. The Morgan fingerprint density at radius 3 is 2.82 bits per heavy atom. The summed E-state index contributed by atoms with van der Waals surface area (Å²) in [5.41, 5.74) is 7.77. The molecule has 0 spiro atoms. The summed E-state index contributed by atoms with van der Waals surface area (Å²) in [6.07, 6.45) is 4.53. The van der Waals surface area contributed by atoms with Crippen LogP contribution in [0.1, 0.15) is 22.5 Å². The summed E-state index contributed by atoms with van der Waals surface area (Å²) in [4.78, 5) is 16.4. The van der Waals surface area contributed by atoms with Crippen molar-refractivity contribution in [1.29, 1.82) is 0 Å². The lowest BCUT2D eigenvalue weighted by atomic mass is 10.1. The van der Waals surface area contributed by atoms with Gasteiger partial charge in [0.1, 0.15) is 18.2 Å². The molecule has 2 heterocycles. The number of aromatic nitrogens is 3. The number of hydrogen-bond acceptors (Lipinski definition) is 6. The molecule has 6 nitrogen and oxygen atoms in total. The number of anilines is 1. The maximum absolute atomic E-state index is 13.8. The van der Waals surface area contributed by atoms with Crippen molar-refractivity contribution in [1.82, 2.24) is 14.8 Å². The van der Waals surface area contributed by atoms with E-state index >= 15 is 0 Å². The molecule has 3 rings (SSSR count). The summed E-state index contributed by atoms with van der Waals surface area (Å²) in [7, 11) is 0. The lowest BCUT2D eigenvalue weighted by molar-refractivity contribution is 0.0802. The third-order valence-electron chi connectivity index (χ3n) is 3.98. The molecule has 0 saturated heterocycles. The Morgan fingerprint density at radius 1 is 1.36 bits per heavy atom. The minimum atomic E-state index is -0.644. The van der Waals surface area contributed by atoms with E-state index in [4.69, 9.17) is 34.0 Å². The van der Waals surface area contributed by atoms with Crippen LogP contribution in [0, 0.1) is 5.82 Å². The zero-order valence-electron chi connectivity index (χ0n) is 14.6. The van der Waals surface area contributed by atoms with Crippen LogP contribution in [-0.2, 0) is 0 Å². The van der Waals surface area contributed by atoms with Crippen molar-refractivity contribution in [2.45, 2.75) is 17.1 Å². The van der Waals surface area contributed by atoms with E-state index < -0.39 is 18.3 Å². The van der Waals surface area contributed by atoms with Crippen molar-refractivity contribution in [2.24, 2.45) is 0 Å². The molecule has 28 heavy (non-hydrogen) atoms. The van der Waals surface area contributed by atoms with Gasteiger partial charge in [0.25, 0.3) is 5.91 Å². The van der Waals surface area contributed by atoms with Crippen LogP contribution < -0.4 is 5.73 Å². The standard InChI is InChI=1S/C18H15Cl2FN4O2S/c1-9(16-12(19)2-3-13(21)17(16)20)28-14-4-10(5-23-18(14)22)11-6-24-25(7-11)15(27)8-26/h2-7,9,26H,8H2,1H3,(H2,22,23). The Balaban J connectivity index is 1.91. The molecule has 10 heteroatoms. The highest BCUT2D eigenvalue weighted by atomic mass is 35.5. The average Bonchev–Trinajstić information content (AvgIpc) is 3.16. The van der Waals surface area contributed by atoms with Gasteiger partial charge >= 0.3 is 0 Å². The number of halogens is 3. The van der Waals surface area contributed by atoms with E-state index in [1.54, 1.807) is 12.3 Å². The summed E-state index contributed by atoms with van der Waals surface area (Å²) in [6, 6.07) is 4.46. The fraction of sp³-hybridized carbons (Fsp3) is 0.167. The van der Waals surface area contributed by atoms with Gasteiger partial charge in [-0.3, -0.25) is 4.79 Å². The number of nitrogen functional groups attached to an aromatic ring is 1. The van der Waals surface area contributed by atoms with Crippen LogP contribution in [0.25, 0.3) is 11.1 Å². The molecule has 0 aliphatic rings. The molecule has 0 amide bonds. The minimum absolute atomic E-state index is 0.0287. The highest BCUT2D eigenvalue weighted by Gasteiger charge is 2.20. The van der Waals surface area contributed by atoms with Gasteiger partial charge in [-0.1, -0.05) is 23.2 Å². The Bertz CT molecular complexity index is 1040. The first-order valence-electron chi connectivity index (χ1n) is 8.06. The summed E-state index contributed by atoms with van der Waals surface area (Å²) < 4.78 is 14.9. The molecule has 0 saturated carbocycles. The van der Waals surface area contributed by atoms with Crippen molar-refractivity contribution >= 4 is 46.7 Å². The molecule has 0 radical (unpaired) electrons. The van der Waals surface area contributed by atoms with Gasteiger partial charge in [-0.2, -0.15) is 5.10 Å². The van der Waals surface area contributed by atoms with E-state index in [1.165, 1.54) is 36.3 Å². The molecule has 1 atom stereocenters. The van der Waals surface area contributed by atoms with Crippen molar-refractivity contribution in [3.05, 3.63) is 58.2 Å². The fourth-order valence-corrected chi connectivity index (χ4v) is 4.49. The first-order valence-corrected chi connectivity index (χ1v) is 9.70. The topological polar surface area (TPSA) is 94.0 Å². The molecule has 0 bridgehead atoms. The van der Waals surface area contributed by atoms with Gasteiger partial charge in [-0.15, -0.1) is 11.8 Å². The maximum atomic E-state index is 13.8. The van der Waals surface area contributed by atoms with E-state index in [2.05, 4.69) is 10.1 Å². The molecule has 1 aromatic carbocycles. The molecule has 3 N–H and O–H groups in total. The molecule has 3 aromatic rings. The average molecular weight is 441 g/mol. The highest BCUT2D eigenvalue weighted by molar-refractivity contribution is 7.99. The van der Waals surface area contributed by atoms with Gasteiger partial charge in [-0.25, -0.2) is 14.1 Å². The van der Waals surface area contributed by atoms with Crippen LogP contribution in [-0.4, -0.2) is 32.4 Å². The predicted molar refractivity (Wildman–Crippen MR) is 108 cm³/mol. The number of benzene rings is 1. The molecular weight excluding hydrogens is 426 g/mol. The van der Waals surface area contributed by atoms with E-state index in [9.17, 15) is 9.18 Å². The lowest BCUT2D eigenvalue weighted by Crippen LogP contribution is -2.14. The number of aliphatic hydroxyl groups is 1. The van der Waals surface area contributed by atoms with Crippen LogP contribution >= 0.6 is 35.0 Å². The largest absolute Gasteiger partial charge is 0.386 e. The highest BCUT2D eigenvalue weighted by Crippen LogP contribution is 2.44. The Labute approximate surface area is 174 Å². The molecular formula is C18H15Cl2FN4O2S. The third kappa shape index (κ3) is 4.15. The van der Waals surface area contributed by atoms with Crippen LogP contribution in [0.5, 0.6) is 0 Å². The second-order valence-electron chi connectivity index (χ2n) is 5.85. The van der Waals surface area contributed by atoms with E-state index in [-0.39, 0.29) is 10.3 Å². The van der Waals surface area contributed by atoms with Gasteiger partial charge in [-0.05, 0) is 25.1 Å². The summed E-state index contributed by atoms with van der Waals surface area (Å²) in [6.45, 7) is 1.19. The molecule has 146 valence electrons. The Morgan fingerprint density at radius 2 is 2.11 bits per heavy atom. The number of nitrogens with zero attached hydrogens (tertiary/aromatic N) is 3. The smallest absolute Gasteiger partial charge is 0.272 e. The molecule has 1 unspecified atom stereocenters. The van der Waals surface area contributed by atoms with Crippen LogP contribution in [0.4, 0.5) is 10.2 Å². The summed E-state index contributed by atoms with van der Waals surface area (Å²) in [5.74, 6) is -0.800. The van der Waals surface area contributed by atoms with Crippen molar-refractivity contribution in [3.8, 4) is 11.1 Å². The van der Waals surface area contributed by atoms with Crippen LogP contribution in [0.2, 0.25) is 10.0 Å². The van der Waals surface area contributed by atoms with Gasteiger partial charge in [0.15, 0.2) is 0 Å². The quantitative estimate of drug-likeness (QED) is 0.449. The van der Waals surface area contributed by atoms with Gasteiger partial charge in [0, 0.05) is 39.4 Å². The molecule has 0 fully saturated rings. The monoisotopic (exact) mass is 440 g/mol. The van der Waals surface area contributed by atoms with E-state index in [0.29, 0.717) is 32.4 Å². The number of aliphatic hydroxyl groups excluding tert-OH is 1. The maximum Gasteiger partial charge on any atom is 0.272 e. The van der Waals surface area contributed by atoms with Crippen molar-refractivity contribution < 1.29 is 14.3 Å². The Hall–Kier alpha value is -2.13. The van der Waals surface area contributed by atoms with Crippen molar-refractivity contribution in [2.75, 3.05) is 12.3 Å². The predicted octanol–water partition coefficient (Wildman–Crippen LogP) is 4.46. The van der Waals surface area contributed by atoms with Gasteiger partial charge in [0.2, 0.25) is 0 Å². The number of hydrogen-bond donors (Lipinski definition) is 2. The number of nitrogens with two attached hydrogens (primary N) is 1. The number of rotatable bonds is 5. The zero-order valence-corrected chi connectivity index (χ0v) is 16.9. The number of carbonyl (C=O) groups excluding carboxylic acids is 1. The molecule has 0 aliphatic carbocycles. The number of carbonyl (C=O) groups is 1. The summed E-state index contributed by atoms with van der Waals surface area (Å²) in [5, 5.41) is 12.9. The third-order valence-corrected chi connectivity index (χ3v) is 5.86. The van der Waals surface area contributed by atoms with Crippen molar-refractivity contribution in [3.63, 3.8) is 0 Å². The molecule has 0 aliphatic heterocycles. The van der Waals surface area contributed by atoms with Gasteiger partial charge in [0.05, 0.1) is 16.1 Å². The lowest BCUT2D eigenvalue weighted by Gasteiger charge is -2.16. The number of thioether (sulfide) groups is 1. The minimum Gasteiger partial charge on any atom is -0.386 e. The fourth-order valence-electron chi connectivity index (χ4n) is 2.55. The summed E-state index contributed by atoms with van der Waals surface area (Å²) >= 11 is 13.6. The normalized spacial score (nSPS) is 12.2. The zero-order chi connectivity index (χ0) is 20.4. The van der Waals surface area contributed by atoms with Gasteiger partial charge < -0.3 is 10.8 Å². The SMILES string of the molecule is CC(Sc1cc(-c2cnn(C(=O)CO)c2)cnc1N)c1c(Cl)ccc(F)c1Cl.